The summed E-state index contributed by atoms with van der Waals surface area (Å²) in [6, 6.07) is 6.89. The van der Waals surface area contributed by atoms with Crippen LogP contribution in [0.3, 0.4) is 0 Å². The third kappa shape index (κ3) is 3.86. The SMILES string of the molecule is CCCC1CC2=C(C)c3cc4[nH]c(cc5[nH]c(cc6nc(c1c2n3)C(CC)=C6C)c(C)c5CC)c(C)c4CC. The fraction of sp³-hybridized carbons (Fsp3) is 0.429. The minimum atomic E-state index is 0.484. The molecule has 39 heavy (non-hydrogen) atoms. The third-order valence-electron chi connectivity index (χ3n) is 9.53. The van der Waals surface area contributed by atoms with E-state index in [-0.39, 0.29) is 0 Å². The molecule has 0 amide bonds. The van der Waals surface area contributed by atoms with Crippen LogP contribution in [0.2, 0.25) is 0 Å². The van der Waals surface area contributed by atoms with Gasteiger partial charge in [-0.1, -0.05) is 34.1 Å². The van der Waals surface area contributed by atoms with Crippen molar-refractivity contribution in [3.63, 3.8) is 0 Å². The molecular formula is C35H42N4. The van der Waals surface area contributed by atoms with E-state index in [9.17, 15) is 0 Å². The monoisotopic (exact) mass is 518 g/mol. The Labute approximate surface area is 232 Å². The first-order chi connectivity index (χ1) is 18.8. The second-order valence-electron chi connectivity index (χ2n) is 11.6. The van der Waals surface area contributed by atoms with Gasteiger partial charge in [-0.05, 0) is 128 Å². The highest BCUT2D eigenvalue weighted by Crippen LogP contribution is 2.51. The summed E-state index contributed by atoms with van der Waals surface area (Å²) >= 11 is 0. The van der Waals surface area contributed by atoms with Crippen LogP contribution in [0.5, 0.6) is 0 Å². The Kier molecular flexibility index (Phi) is 6.40. The van der Waals surface area contributed by atoms with Gasteiger partial charge in [0.2, 0.25) is 0 Å². The van der Waals surface area contributed by atoms with E-state index in [1.165, 1.54) is 96.4 Å². The van der Waals surface area contributed by atoms with Crippen LogP contribution in [0.1, 0.15) is 124 Å². The molecule has 5 heterocycles. The zero-order chi connectivity index (χ0) is 27.6. The highest BCUT2D eigenvalue weighted by molar-refractivity contribution is 5.99. The number of aryl methyl sites for hydroxylation is 4. The molecule has 4 heteroatoms. The molecular weight excluding hydrogens is 476 g/mol. The van der Waals surface area contributed by atoms with Crippen LogP contribution >= 0.6 is 0 Å². The van der Waals surface area contributed by atoms with E-state index < -0.39 is 0 Å². The number of allylic oxidation sites excluding steroid dienone is 4. The molecule has 1 unspecified atom stereocenters. The number of fused-ring (bicyclic) bond motifs is 8. The number of aromatic amines is 2. The van der Waals surface area contributed by atoms with Gasteiger partial charge >= 0.3 is 0 Å². The quantitative estimate of drug-likeness (QED) is 0.353. The summed E-state index contributed by atoms with van der Waals surface area (Å²) in [4.78, 5) is 18.3. The van der Waals surface area contributed by atoms with E-state index in [4.69, 9.17) is 9.97 Å². The molecule has 3 aliphatic rings. The fourth-order valence-corrected chi connectivity index (χ4v) is 7.28. The Morgan fingerprint density at radius 1 is 0.692 bits per heavy atom. The van der Waals surface area contributed by atoms with Crippen molar-refractivity contribution in [2.75, 3.05) is 0 Å². The van der Waals surface area contributed by atoms with Crippen molar-refractivity contribution in [2.45, 2.75) is 99.8 Å². The van der Waals surface area contributed by atoms with Crippen LogP contribution in [0.25, 0.3) is 44.4 Å². The van der Waals surface area contributed by atoms with Crippen molar-refractivity contribution in [3.8, 4) is 0 Å². The molecule has 2 aliphatic heterocycles. The van der Waals surface area contributed by atoms with Crippen LogP contribution in [0.15, 0.2) is 18.2 Å². The second kappa shape index (κ2) is 9.66. The minimum absolute atomic E-state index is 0.484. The molecule has 1 aliphatic carbocycles. The number of hydrogen-bond acceptors (Lipinski definition) is 2. The lowest BCUT2D eigenvalue weighted by Gasteiger charge is -2.13. The van der Waals surface area contributed by atoms with Crippen LogP contribution in [-0.4, -0.2) is 19.9 Å². The molecule has 2 N–H and O–H groups in total. The summed E-state index contributed by atoms with van der Waals surface area (Å²) in [6.07, 6.45) is 6.36. The molecule has 3 aromatic heterocycles. The smallest absolute Gasteiger partial charge is 0.0729 e. The molecule has 0 aromatic carbocycles. The summed E-state index contributed by atoms with van der Waals surface area (Å²) < 4.78 is 0. The molecule has 4 nitrogen and oxygen atoms in total. The number of aromatic nitrogens is 4. The summed E-state index contributed by atoms with van der Waals surface area (Å²) in [6.45, 7) is 18.1. The van der Waals surface area contributed by atoms with Gasteiger partial charge in [-0.3, -0.25) is 0 Å². The van der Waals surface area contributed by atoms with Gasteiger partial charge in [-0.2, -0.15) is 0 Å². The van der Waals surface area contributed by atoms with Gasteiger partial charge in [0.15, 0.2) is 0 Å². The number of H-pyrrole nitrogens is 2. The fourth-order valence-electron chi connectivity index (χ4n) is 7.28. The number of nitrogens with zero attached hydrogens (tertiary/aromatic N) is 2. The Morgan fingerprint density at radius 2 is 1.26 bits per heavy atom. The largest absolute Gasteiger partial charge is 0.355 e. The number of rotatable bonds is 5. The molecule has 0 saturated heterocycles. The van der Waals surface area contributed by atoms with Crippen molar-refractivity contribution in [2.24, 2.45) is 0 Å². The maximum atomic E-state index is 5.40. The predicted octanol–water partition coefficient (Wildman–Crippen LogP) is 9.62. The first kappa shape index (κ1) is 25.9. The van der Waals surface area contributed by atoms with Gasteiger partial charge < -0.3 is 9.97 Å². The van der Waals surface area contributed by atoms with Crippen LogP contribution in [-0.2, 0) is 12.8 Å². The van der Waals surface area contributed by atoms with Gasteiger partial charge in [0.25, 0.3) is 0 Å². The Hall–Kier alpha value is -3.40. The first-order valence-electron chi connectivity index (χ1n) is 15.0. The highest BCUT2D eigenvalue weighted by Gasteiger charge is 2.36. The van der Waals surface area contributed by atoms with E-state index in [0.29, 0.717) is 5.92 Å². The lowest BCUT2D eigenvalue weighted by atomic mass is 9.92. The Bertz CT molecular complexity index is 1740. The van der Waals surface area contributed by atoms with Gasteiger partial charge in [-0.25, -0.2) is 9.97 Å². The van der Waals surface area contributed by atoms with Gasteiger partial charge in [0.1, 0.15) is 0 Å². The average molecular weight is 519 g/mol. The molecule has 0 fully saturated rings. The molecule has 0 spiro atoms. The molecule has 0 saturated carbocycles. The summed E-state index contributed by atoms with van der Waals surface area (Å²) in [5.74, 6) is 0.484. The van der Waals surface area contributed by atoms with Crippen molar-refractivity contribution >= 4 is 44.4 Å². The van der Waals surface area contributed by atoms with Gasteiger partial charge in [-0.15, -0.1) is 0 Å². The van der Waals surface area contributed by atoms with Crippen LogP contribution in [0.4, 0.5) is 0 Å². The minimum Gasteiger partial charge on any atom is -0.355 e. The number of nitrogens with one attached hydrogen (secondary N) is 2. The molecule has 6 rings (SSSR count). The Morgan fingerprint density at radius 3 is 1.87 bits per heavy atom. The van der Waals surface area contributed by atoms with Gasteiger partial charge in [0, 0.05) is 27.6 Å². The zero-order valence-corrected chi connectivity index (χ0v) is 24.9. The summed E-state index contributed by atoms with van der Waals surface area (Å²) in [5, 5.41) is 0. The maximum Gasteiger partial charge on any atom is 0.0729 e. The molecule has 3 aromatic rings. The zero-order valence-electron chi connectivity index (χ0n) is 24.9. The van der Waals surface area contributed by atoms with Crippen molar-refractivity contribution in [3.05, 3.63) is 68.8 Å². The van der Waals surface area contributed by atoms with Crippen molar-refractivity contribution in [1.82, 2.24) is 19.9 Å². The van der Waals surface area contributed by atoms with Gasteiger partial charge in [0.05, 0.1) is 22.8 Å². The maximum absolute atomic E-state index is 5.40. The topological polar surface area (TPSA) is 57.4 Å². The normalized spacial score (nSPS) is 16.7. The lowest BCUT2D eigenvalue weighted by Crippen LogP contribution is -1.99. The average Bonchev–Trinajstić information content (AvgIpc) is 3.66. The van der Waals surface area contributed by atoms with Crippen LogP contribution in [0, 0.1) is 13.8 Å². The molecule has 1 atom stereocenters. The van der Waals surface area contributed by atoms with E-state index in [1.807, 2.05) is 0 Å². The highest BCUT2D eigenvalue weighted by atomic mass is 14.8. The molecule has 202 valence electrons. The summed E-state index contributed by atoms with van der Waals surface area (Å²) in [7, 11) is 0. The predicted molar refractivity (Wildman–Crippen MR) is 167 cm³/mol. The standard InChI is InChI=1S/C35H42N4/c1-9-13-22-14-26-21(8)30-17-32-24(11-3)19(6)28(37-32)16-31-23(10-2)18(5)27(36-31)15-29-20(7)25(12-4)34(38-29)33(22)35(26)39-30/h15-17,22,36-37H,9-14H2,1-8H3. The molecule has 0 radical (unpaired) electrons. The van der Waals surface area contributed by atoms with E-state index in [1.54, 1.807) is 0 Å². The number of hydrogen-bond donors (Lipinski definition) is 2. The first-order valence-corrected chi connectivity index (χ1v) is 15.0. The second-order valence-corrected chi connectivity index (χ2v) is 11.6. The van der Waals surface area contributed by atoms with Crippen molar-refractivity contribution in [1.29, 1.82) is 0 Å². The Balaban J connectivity index is 1.83. The van der Waals surface area contributed by atoms with Crippen LogP contribution < -0.4 is 0 Å². The molecule has 8 bridgehead atoms. The van der Waals surface area contributed by atoms with E-state index in [2.05, 4.69) is 83.6 Å². The lowest BCUT2D eigenvalue weighted by molar-refractivity contribution is 0.641. The third-order valence-corrected chi connectivity index (χ3v) is 9.53. The van der Waals surface area contributed by atoms with E-state index in [0.717, 1.165) is 37.1 Å². The van der Waals surface area contributed by atoms with Crippen molar-refractivity contribution < 1.29 is 0 Å². The van der Waals surface area contributed by atoms with E-state index >= 15 is 0 Å². The summed E-state index contributed by atoms with van der Waals surface area (Å²) in [5.41, 5.74) is 21.5.